The van der Waals surface area contributed by atoms with Crippen LogP contribution in [0.3, 0.4) is 0 Å². The van der Waals surface area contributed by atoms with Crippen LogP contribution in [0.25, 0.3) is 0 Å². The topological polar surface area (TPSA) is 59.3 Å². The summed E-state index contributed by atoms with van der Waals surface area (Å²) in [6.07, 6.45) is -1.78. The fourth-order valence-electron chi connectivity index (χ4n) is 1.17. The van der Waals surface area contributed by atoms with Crippen LogP contribution in [0.4, 0.5) is 4.79 Å². The largest absolute Gasteiger partial charge is 0.510 e. The van der Waals surface area contributed by atoms with Gasteiger partial charge in [0.25, 0.3) is 0 Å². The Labute approximate surface area is 101 Å². The Morgan fingerprint density at radius 1 is 1.29 bits per heavy atom. The summed E-state index contributed by atoms with van der Waals surface area (Å²) in [7, 11) is 0. The van der Waals surface area contributed by atoms with Crippen molar-refractivity contribution in [3.05, 3.63) is 35.9 Å². The Hall–Kier alpha value is -2.02. The van der Waals surface area contributed by atoms with Crippen molar-refractivity contribution in [3.63, 3.8) is 0 Å². The number of hydrogen-bond acceptors (Lipinski definition) is 4. The first-order valence-electron chi connectivity index (χ1n) is 5.26. The van der Waals surface area contributed by atoms with Gasteiger partial charge in [-0.25, -0.2) is 4.79 Å². The monoisotopic (exact) mass is 233 g/mol. The number of carbonyl (C=O) groups is 1. The number of hydrogen-bond donors (Lipinski definition) is 0. The van der Waals surface area contributed by atoms with Crippen molar-refractivity contribution in [3.8, 4) is 6.07 Å². The van der Waals surface area contributed by atoms with E-state index in [1.807, 2.05) is 12.1 Å². The van der Waals surface area contributed by atoms with Crippen LogP contribution in [-0.2, 0) is 9.47 Å². The van der Waals surface area contributed by atoms with Crippen molar-refractivity contribution in [2.45, 2.75) is 32.5 Å². The molecule has 1 aromatic rings. The molecule has 90 valence electrons. The molecule has 0 aliphatic carbocycles. The molecule has 0 heterocycles. The summed E-state index contributed by atoms with van der Waals surface area (Å²) in [5, 5.41) is 8.94. The molecule has 4 heteroatoms. The average Bonchev–Trinajstić information content (AvgIpc) is 2.24. The lowest BCUT2D eigenvalue weighted by atomic mass is 10.1. The normalized spacial score (nSPS) is 12.4. The molecule has 0 aliphatic rings. The van der Waals surface area contributed by atoms with Gasteiger partial charge in [-0.3, -0.25) is 0 Å². The third-order valence-corrected chi connectivity index (χ3v) is 1.82. The first-order chi connectivity index (χ1) is 7.92. The van der Waals surface area contributed by atoms with Crippen LogP contribution >= 0.6 is 0 Å². The van der Waals surface area contributed by atoms with E-state index >= 15 is 0 Å². The van der Waals surface area contributed by atoms with Crippen LogP contribution in [0.5, 0.6) is 0 Å². The molecular formula is C13H15NO3. The van der Waals surface area contributed by atoms with Crippen molar-refractivity contribution in [2.75, 3.05) is 0 Å². The summed E-state index contributed by atoms with van der Waals surface area (Å²) in [6, 6.07) is 10.7. The highest BCUT2D eigenvalue weighted by atomic mass is 16.7. The van der Waals surface area contributed by atoms with Crippen LogP contribution in [0.1, 0.15) is 32.4 Å². The fraction of sp³-hybridized carbons (Fsp3) is 0.385. The molecule has 4 nitrogen and oxygen atoms in total. The third kappa shape index (κ3) is 4.56. The van der Waals surface area contributed by atoms with Crippen LogP contribution in [0.2, 0.25) is 0 Å². The maximum Gasteiger partial charge on any atom is 0.510 e. The van der Waals surface area contributed by atoms with Crippen molar-refractivity contribution in [1.82, 2.24) is 0 Å². The van der Waals surface area contributed by atoms with E-state index in [0.717, 1.165) is 0 Å². The predicted octanol–water partition coefficient (Wildman–Crippen LogP) is 3.20. The van der Waals surface area contributed by atoms with Crippen molar-refractivity contribution in [1.29, 1.82) is 5.26 Å². The molecule has 0 amide bonds. The molecule has 17 heavy (non-hydrogen) atoms. The Kier molecular flexibility index (Phi) is 4.11. The van der Waals surface area contributed by atoms with Crippen LogP contribution in [0.15, 0.2) is 30.3 Å². The summed E-state index contributed by atoms with van der Waals surface area (Å²) in [4.78, 5) is 11.4. The first kappa shape index (κ1) is 13.0. The lowest BCUT2D eigenvalue weighted by Gasteiger charge is -2.20. The van der Waals surface area contributed by atoms with Crippen molar-refractivity contribution in [2.24, 2.45) is 0 Å². The molecule has 0 spiro atoms. The van der Waals surface area contributed by atoms with Gasteiger partial charge in [0.15, 0.2) is 0 Å². The summed E-state index contributed by atoms with van der Waals surface area (Å²) >= 11 is 0. The van der Waals surface area contributed by atoms with Crippen LogP contribution in [-0.4, -0.2) is 11.8 Å². The van der Waals surface area contributed by atoms with Crippen LogP contribution < -0.4 is 0 Å². The molecule has 0 saturated heterocycles. The van der Waals surface area contributed by atoms with E-state index in [1.165, 1.54) is 0 Å². The fourth-order valence-corrected chi connectivity index (χ4v) is 1.17. The smallest absolute Gasteiger partial charge is 0.429 e. The minimum absolute atomic E-state index is 0.626. The van der Waals surface area contributed by atoms with Gasteiger partial charge in [0.1, 0.15) is 11.7 Å². The zero-order chi connectivity index (χ0) is 12.9. The highest BCUT2D eigenvalue weighted by Gasteiger charge is 2.22. The van der Waals surface area contributed by atoms with Gasteiger partial charge in [-0.2, -0.15) is 5.26 Å². The zero-order valence-electron chi connectivity index (χ0n) is 10.1. The Morgan fingerprint density at radius 2 is 1.88 bits per heavy atom. The standard InChI is InChI=1S/C13H15NO3/c1-13(2,3)17-12(15)16-11(9-14)10-7-5-4-6-8-10/h4-8,11H,1-3H3. The lowest BCUT2D eigenvalue weighted by molar-refractivity contribution is -0.0176. The van der Waals surface area contributed by atoms with Gasteiger partial charge in [-0.1, -0.05) is 30.3 Å². The highest BCUT2D eigenvalue weighted by molar-refractivity contribution is 5.61. The molecule has 0 N–H and O–H groups in total. The highest BCUT2D eigenvalue weighted by Crippen LogP contribution is 2.18. The lowest BCUT2D eigenvalue weighted by Crippen LogP contribution is -2.25. The molecular weight excluding hydrogens is 218 g/mol. The number of nitriles is 1. The number of nitrogens with zero attached hydrogens (tertiary/aromatic N) is 1. The van der Waals surface area contributed by atoms with E-state index < -0.39 is 17.9 Å². The summed E-state index contributed by atoms with van der Waals surface area (Å²) in [5.41, 5.74) is -0.00538. The number of benzene rings is 1. The van der Waals surface area contributed by atoms with Gasteiger partial charge in [0, 0.05) is 5.56 Å². The van der Waals surface area contributed by atoms with E-state index in [9.17, 15) is 4.79 Å². The van der Waals surface area contributed by atoms with Gasteiger partial charge >= 0.3 is 6.16 Å². The van der Waals surface area contributed by atoms with Crippen LogP contribution in [0, 0.1) is 11.3 Å². The molecule has 0 aliphatic heterocycles. The van der Waals surface area contributed by atoms with Gasteiger partial charge in [-0.05, 0) is 20.8 Å². The molecule has 1 rings (SSSR count). The van der Waals surface area contributed by atoms with Gasteiger partial charge in [0.05, 0.1) is 0 Å². The van der Waals surface area contributed by atoms with Crippen molar-refractivity contribution < 1.29 is 14.3 Å². The number of rotatable bonds is 2. The van der Waals surface area contributed by atoms with E-state index in [1.54, 1.807) is 45.0 Å². The van der Waals surface area contributed by atoms with Gasteiger partial charge < -0.3 is 9.47 Å². The Balaban J connectivity index is 2.67. The zero-order valence-corrected chi connectivity index (χ0v) is 10.1. The SMILES string of the molecule is CC(C)(C)OC(=O)OC(C#N)c1ccccc1. The van der Waals surface area contributed by atoms with E-state index in [2.05, 4.69) is 0 Å². The quantitative estimate of drug-likeness (QED) is 0.736. The molecule has 0 radical (unpaired) electrons. The first-order valence-corrected chi connectivity index (χ1v) is 5.26. The molecule has 1 aromatic carbocycles. The maximum atomic E-state index is 11.4. The second-order valence-electron chi connectivity index (χ2n) is 4.50. The number of carbonyl (C=O) groups excluding carboxylic acids is 1. The van der Waals surface area contributed by atoms with Crippen molar-refractivity contribution >= 4 is 6.16 Å². The van der Waals surface area contributed by atoms with E-state index in [-0.39, 0.29) is 0 Å². The number of ether oxygens (including phenoxy) is 2. The molecule has 1 unspecified atom stereocenters. The maximum absolute atomic E-state index is 11.4. The summed E-state index contributed by atoms with van der Waals surface area (Å²) in [6.45, 7) is 5.20. The third-order valence-electron chi connectivity index (χ3n) is 1.82. The minimum atomic E-state index is -0.939. The molecule has 0 bridgehead atoms. The summed E-state index contributed by atoms with van der Waals surface area (Å²) in [5.74, 6) is 0. The second-order valence-corrected chi connectivity index (χ2v) is 4.50. The molecule has 0 aromatic heterocycles. The molecule has 1 atom stereocenters. The van der Waals surface area contributed by atoms with E-state index in [0.29, 0.717) is 5.56 Å². The molecule has 0 saturated carbocycles. The summed E-state index contributed by atoms with van der Waals surface area (Å²) < 4.78 is 9.92. The average molecular weight is 233 g/mol. The predicted molar refractivity (Wildman–Crippen MR) is 62.1 cm³/mol. The second kappa shape index (κ2) is 5.35. The molecule has 0 fully saturated rings. The van der Waals surface area contributed by atoms with E-state index in [4.69, 9.17) is 14.7 Å². The Bertz CT molecular complexity index is 415. The van der Waals surface area contributed by atoms with Gasteiger partial charge in [-0.15, -0.1) is 0 Å². The minimum Gasteiger partial charge on any atom is -0.429 e. The Morgan fingerprint density at radius 3 is 2.35 bits per heavy atom. The van der Waals surface area contributed by atoms with Gasteiger partial charge in [0.2, 0.25) is 6.10 Å².